The van der Waals surface area contributed by atoms with E-state index in [1.54, 1.807) is 41.2 Å². The Hall–Kier alpha value is -3.95. The molecule has 2 heterocycles. The van der Waals surface area contributed by atoms with E-state index in [1.807, 2.05) is 0 Å². The molecule has 31 heavy (non-hydrogen) atoms. The van der Waals surface area contributed by atoms with Gasteiger partial charge in [0.25, 0.3) is 5.91 Å². The van der Waals surface area contributed by atoms with Crippen LogP contribution in [-0.4, -0.2) is 25.5 Å². The number of hydrogen-bond donors (Lipinski definition) is 1. The number of halogens is 4. The molecule has 2 aromatic heterocycles. The second kappa shape index (κ2) is 8.05. The van der Waals surface area contributed by atoms with Gasteiger partial charge in [-0.25, -0.2) is 9.07 Å². The van der Waals surface area contributed by atoms with Crippen molar-refractivity contribution in [1.82, 2.24) is 19.6 Å². The molecule has 0 bridgehead atoms. The molecule has 0 unspecified atom stereocenters. The van der Waals surface area contributed by atoms with E-state index in [4.69, 9.17) is 0 Å². The van der Waals surface area contributed by atoms with E-state index in [9.17, 15) is 22.4 Å². The van der Waals surface area contributed by atoms with E-state index in [1.165, 1.54) is 16.8 Å². The summed E-state index contributed by atoms with van der Waals surface area (Å²) >= 11 is 0. The molecular weight excluding hydrogens is 414 g/mol. The minimum atomic E-state index is -4.47. The zero-order valence-corrected chi connectivity index (χ0v) is 15.8. The van der Waals surface area contributed by atoms with Gasteiger partial charge < -0.3 is 9.88 Å². The second-order valence-corrected chi connectivity index (χ2v) is 6.67. The average molecular weight is 429 g/mol. The van der Waals surface area contributed by atoms with Crippen LogP contribution in [0.1, 0.15) is 21.6 Å². The summed E-state index contributed by atoms with van der Waals surface area (Å²) in [5, 5.41) is 10.5. The maximum atomic E-state index is 13.5. The van der Waals surface area contributed by atoms with Crippen LogP contribution in [-0.2, 0) is 12.7 Å². The van der Waals surface area contributed by atoms with E-state index >= 15 is 0 Å². The molecule has 0 aliphatic rings. The number of alkyl halides is 3. The quantitative estimate of drug-likeness (QED) is 0.474. The van der Waals surface area contributed by atoms with E-state index in [0.29, 0.717) is 11.4 Å². The first-order valence-electron chi connectivity index (χ1n) is 9.11. The Labute approximate surface area is 173 Å². The lowest BCUT2D eigenvalue weighted by Crippen LogP contribution is -2.17. The number of aromatic nitrogens is 4. The van der Waals surface area contributed by atoms with E-state index < -0.39 is 23.5 Å². The summed E-state index contributed by atoms with van der Waals surface area (Å²) in [7, 11) is 0. The van der Waals surface area contributed by atoms with Crippen molar-refractivity contribution in [2.45, 2.75) is 12.7 Å². The third-order valence-corrected chi connectivity index (χ3v) is 4.46. The number of benzene rings is 2. The number of carbonyl (C=O) groups excluding carboxylic acids is 1. The maximum Gasteiger partial charge on any atom is 0.416 e. The summed E-state index contributed by atoms with van der Waals surface area (Å²) in [6.45, 7) is 0.159. The Bertz CT molecular complexity index is 1200. The number of rotatable bonds is 5. The molecule has 0 aliphatic carbocycles. The van der Waals surface area contributed by atoms with Gasteiger partial charge in [-0.1, -0.05) is 17.3 Å². The van der Waals surface area contributed by atoms with Gasteiger partial charge >= 0.3 is 6.18 Å². The largest absolute Gasteiger partial charge is 0.416 e. The fourth-order valence-electron chi connectivity index (χ4n) is 3.03. The normalized spacial score (nSPS) is 11.5. The predicted octanol–water partition coefficient (Wildman–Crippen LogP) is 4.53. The number of nitrogens with one attached hydrogen (secondary N) is 1. The molecule has 4 rings (SSSR count). The Morgan fingerprint density at radius 2 is 1.71 bits per heavy atom. The van der Waals surface area contributed by atoms with Crippen molar-refractivity contribution in [2.75, 3.05) is 5.32 Å². The molecule has 0 fully saturated rings. The highest BCUT2D eigenvalue weighted by Gasteiger charge is 2.30. The number of hydrogen-bond acceptors (Lipinski definition) is 3. The van der Waals surface area contributed by atoms with Gasteiger partial charge in [-0.05, 0) is 54.1 Å². The van der Waals surface area contributed by atoms with Gasteiger partial charge in [-0.15, -0.1) is 5.10 Å². The zero-order chi connectivity index (χ0) is 22.0. The first-order valence-corrected chi connectivity index (χ1v) is 9.11. The van der Waals surface area contributed by atoms with Crippen molar-refractivity contribution in [1.29, 1.82) is 0 Å². The van der Waals surface area contributed by atoms with Gasteiger partial charge in [0.15, 0.2) is 11.5 Å². The van der Waals surface area contributed by atoms with Crippen molar-refractivity contribution in [3.8, 4) is 5.82 Å². The van der Waals surface area contributed by atoms with Crippen LogP contribution in [0.5, 0.6) is 0 Å². The predicted molar refractivity (Wildman–Crippen MR) is 104 cm³/mol. The summed E-state index contributed by atoms with van der Waals surface area (Å²) in [6, 6.07) is 13.5. The first kappa shape index (κ1) is 20.3. The highest BCUT2D eigenvalue weighted by atomic mass is 19.4. The molecule has 0 aliphatic heterocycles. The molecule has 0 spiro atoms. The molecule has 158 valence electrons. The molecule has 0 radical (unpaired) electrons. The molecule has 10 heteroatoms. The topological polar surface area (TPSA) is 64.7 Å². The monoisotopic (exact) mass is 429 g/mol. The molecule has 0 atom stereocenters. The van der Waals surface area contributed by atoms with Crippen LogP contribution in [0.15, 0.2) is 73.1 Å². The maximum absolute atomic E-state index is 13.5. The second-order valence-electron chi connectivity index (χ2n) is 6.67. The summed E-state index contributed by atoms with van der Waals surface area (Å²) in [4.78, 5) is 12.8. The van der Waals surface area contributed by atoms with Gasteiger partial charge in [-0.2, -0.15) is 13.2 Å². The van der Waals surface area contributed by atoms with E-state index in [2.05, 4.69) is 15.6 Å². The zero-order valence-electron chi connectivity index (χ0n) is 15.8. The number of amides is 1. The summed E-state index contributed by atoms with van der Waals surface area (Å²) in [6.07, 6.45) is -1.09. The van der Waals surface area contributed by atoms with Crippen molar-refractivity contribution >= 4 is 11.6 Å². The fourth-order valence-corrected chi connectivity index (χ4v) is 3.03. The fraction of sp³-hybridized carbons (Fsp3) is 0.0952. The summed E-state index contributed by atoms with van der Waals surface area (Å²) < 4.78 is 54.8. The first-order chi connectivity index (χ1) is 14.8. The van der Waals surface area contributed by atoms with Crippen LogP contribution in [0, 0.1) is 5.82 Å². The number of nitrogens with zero attached hydrogens (tertiary/aromatic N) is 4. The summed E-state index contributed by atoms with van der Waals surface area (Å²) in [5.41, 5.74) is -0.0591. The Morgan fingerprint density at radius 1 is 1.00 bits per heavy atom. The summed E-state index contributed by atoms with van der Waals surface area (Å²) in [5.74, 6) is -0.715. The molecule has 0 saturated carbocycles. The lowest BCUT2D eigenvalue weighted by Gasteiger charge is -2.11. The average Bonchev–Trinajstić information content (AvgIpc) is 3.37. The SMILES string of the molecule is O=C(Nc1ccc(C(F)(F)F)cc1)c1nnn(Cc2cccc(F)c2)c1-n1cccc1. The highest BCUT2D eigenvalue weighted by Crippen LogP contribution is 2.30. The van der Waals surface area contributed by atoms with Crippen LogP contribution < -0.4 is 5.32 Å². The molecule has 2 aromatic carbocycles. The molecule has 6 nitrogen and oxygen atoms in total. The Kier molecular flexibility index (Phi) is 5.28. The molecule has 1 amide bonds. The van der Waals surface area contributed by atoms with Gasteiger partial charge in [0.2, 0.25) is 0 Å². The van der Waals surface area contributed by atoms with E-state index in [-0.39, 0.29) is 17.9 Å². The van der Waals surface area contributed by atoms with Crippen molar-refractivity contribution < 1.29 is 22.4 Å². The number of anilines is 1. The van der Waals surface area contributed by atoms with Crippen LogP contribution in [0.4, 0.5) is 23.2 Å². The minimum absolute atomic E-state index is 0.0347. The van der Waals surface area contributed by atoms with Crippen LogP contribution in [0.2, 0.25) is 0 Å². The highest BCUT2D eigenvalue weighted by molar-refractivity contribution is 6.04. The van der Waals surface area contributed by atoms with Gasteiger partial charge in [0.05, 0.1) is 12.1 Å². The number of carbonyl (C=O) groups is 1. The van der Waals surface area contributed by atoms with Gasteiger partial charge in [0, 0.05) is 18.1 Å². The van der Waals surface area contributed by atoms with Gasteiger partial charge in [0.1, 0.15) is 5.82 Å². The van der Waals surface area contributed by atoms with Crippen LogP contribution in [0.3, 0.4) is 0 Å². The Balaban J connectivity index is 1.63. The van der Waals surface area contributed by atoms with Crippen molar-refractivity contribution in [2.24, 2.45) is 0 Å². The van der Waals surface area contributed by atoms with E-state index in [0.717, 1.165) is 24.3 Å². The molecular formula is C21H15F4N5O. The van der Waals surface area contributed by atoms with Gasteiger partial charge in [-0.3, -0.25) is 4.79 Å². The lowest BCUT2D eigenvalue weighted by molar-refractivity contribution is -0.137. The Morgan fingerprint density at radius 3 is 2.35 bits per heavy atom. The third kappa shape index (κ3) is 4.47. The third-order valence-electron chi connectivity index (χ3n) is 4.46. The minimum Gasteiger partial charge on any atom is -0.320 e. The standard InChI is InChI=1S/C21H15F4N5O/c22-16-5-3-4-14(12-16)13-30-20(29-10-1-2-11-29)18(27-28-30)19(31)26-17-8-6-15(7-9-17)21(23,24)25/h1-12H,13H2,(H,26,31). The van der Waals surface area contributed by atoms with Crippen LogP contribution >= 0.6 is 0 Å². The van der Waals surface area contributed by atoms with Crippen molar-refractivity contribution in [3.63, 3.8) is 0 Å². The lowest BCUT2D eigenvalue weighted by atomic mass is 10.2. The molecule has 1 N–H and O–H groups in total. The molecule has 0 saturated heterocycles. The van der Waals surface area contributed by atoms with Crippen molar-refractivity contribution in [3.05, 3.63) is 95.7 Å². The van der Waals surface area contributed by atoms with Crippen LogP contribution in [0.25, 0.3) is 5.82 Å². The smallest absolute Gasteiger partial charge is 0.320 e. The molecule has 4 aromatic rings.